The van der Waals surface area contributed by atoms with Crippen molar-refractivity contribution >= 4 is 5.91 Å². The van der Waals surface area contributed by atoms with Gasteiger partial charge in [0.05, 0.1) is 0 Å². The molecule has 96 valence electrons. The van der Waals surface area contributed by atoms with Crippen LogP contribution in [0.1, 0.15) is 24.8 Å². The molecule has 1 N–H and O–H groups in total. The first-order valence-electron chi connectivity index (χ1n) is 6.43. The highest BCUT2D eigenvalue weighted by Gasteiger charge is 2.17. The van der Waals surface area contributed by atoms with E-state index in [1.807, 2.05) is 6.07 Å². The highest BCUT2D eigenvalue weighted by molar-refractivity contribution is 5.78. The molecule has 1 aromatic rings. The molecule has 0 fully saturated rings. The second-order valence-corrected chi connectivity index (χ2v) is 4.65. The van der Waals surface area contributed by atoms with Gasteiger partial charge < -0.3 is 5.32 Å². The Morgan fingerprint density at radius 3 is 3.00 bits per heavy atom. The van der Waals surface area contributed by atoms with Gasteiger partial charge in [-0.05, 0) is 43.4 Å². The van der Waals surface area contributed by atoms with E-state index >= 15 is 0 Å². The minimum atomic E-state index is -0.226. The van der Waals surface area contributed by atoms with Crippen molar-refractivity contribution < 1.29 is 9.18 Å². The number of carbonyl (C=O) groups excluding carboxylic acids is 1. The molecule has 1 aromatic carbocycles. The third kappa shape index (κ3) is 3.69. The summed E-state index contributed by atoms with van der Waals surface area (Å²) in [5, 5.41) is 2.93. The molecule has 2 nitrogen and oxygen atoms in total. The summed E-state index contributed by atoms with van der Waals surface area (Å²) in [4.78, 5) is 11.8. The van der Waals surface area contributed by atoms with Crippen molar-refractivity contribution in [2.24, 2.45) is 5.92 Å². The van der Waals surface area contributed by atoms with Gasteiger partial charge in [-0.3, -0.25) is 4.79 Å². The van der Waals surface area contributed by atoms with Gasteiger partial charge in [0.1, 0.15) is 5.82 Å². The zero-order valence-electron chi connectivity index (χ0n) is 10.4. The Hall–Kier alpha value is -1.64. The van der Waals surface area contributed by atoms with Crippen LogP contribution in [0.3, 0.4) is 0 Å². The highest BCUT2D eigenvalue weighted by Crippen LogP contribution is 2.17. The first-order chi connectivity index (χ1) is 8.75. The second kappa shape index (κ2) is 6.34. The van der Waals surface area contributed by atoms with Crippen LogP contribution < -0.4 is 5.32 Å². The Kier molecular flexibility index (Phi) is 4.51. The van der Waals surface area contributed by atoms with E-state index in [0.717, 1.165) is 24.8 Å². The number of carbonyl (C=O) groups is 1. The van der Waals surface area contributed by atoms with Gasteiger partial charge in [-0.25, -0.2) is 4.39 Å². The Morgan fingerprint density at radius 1 is 1.39 bits per heavy atom. The topological polar surface area (TPSA) is 29.1 Å². The third-order valence-corrected chi connectivity index (χ3v) is 3.24. The quantitative estimate of drug-likeness (QED) is 0.814. The van der Waals surface area contributed by atoms with Crippen molar-refractivity contribution in [1.82, 2.24) is 5.32 Å². The summed E-state index contributed by atoms with van der Waals surface area (Å²) in [7, 11) is 0. The number of halogens is 1. The summed E-state index contributed by atoms with van der Waals surface area (Å²) in [6, 6.07) is 6.50. The minimum Gasteiger partial charge on any atom is -0.356 e. The molecule has 18 heavy (non-hydrogen) atoms. The summed E-state index contributed by atoms with van der Waals surface area (Å²) in [5.74, 6) is 0.00880. The average molecular weight is 247 g/mol. The predicted molar refractivity (Wildman–Crippen MR) is 69.6 cm³/mol. The van der Waals surface area contributed by atoms with Gasteiger partial charge >= 0.3 is 0 Å². The van der Waals surface area contributed by atoms with Gasteiger partial charge in [0, 0.05) is 12.5 Å². The summed E-state index contributed by atoms with van der Waals surface area (Å²) >= 11 is 0. The molecule has 1 atom stereocenters. The van der Waals surface area contributed by atoms with Gasteiger partial charge in [-0.2, -0.15) is 0 Å². The van der Waals surface area contributed by atoms with E-state index < -0.39 is 0 Å². The van der Waals surface area contributed by atoms with Crippen molar-refractivity contribution in [3.63, 3.8) is 0 Å². The van der Waals surface area contributed by atoms with Crippen LogP contribution in [0.15, 0.2) is 36.4 Å². The van der Waals surface area contributed by atoms with E-state index in [4.69, 9.17) is 0 Å². The zero-order valence-corrected chi connectivity index (χ0v) is 10.4. The Bertz CT molecular complexity index is 442. The van der Waals surface area contributed by atoms with E-state index in [0.29, 0.717) is 13.0 Å². The molecule has 1 unspecified atom stereocenters. The average Bonchev–Trinajstić information content (AvgIpc) is 2.40. The fourth-order valence-electron chi connectivity index (χ4n) is 2.20. The lowest BCUT2D eigenvalue weighted by Gasteiger charge is -2.17. The van der Waals surface area contributed by atoms with Gasteiger partial charge in [-0.15, -0.1) is 0 Å². The van der Waals surface area contributed by atoms with Gasteiger partial charge in [0.15, 0.2) is 0 Å². The largest absolute Gasteiger partial charge is 0.356 e. The SMILES string of the molecule is O=C(NCCc1cccc(F)c1)C1CC=CCC1. The third-order valence-electron chi connectivity index (χ3n) is 3.24. The van der Waals surface area contributed by atoms with Gasteiger partial charge in [-0.1, -0.05) is 24.3 Å². The lowest BCUT2D eigenvalue weighted by Crippen LogP contribution is -2.32. The van der Waals surface area contributed by atoms with Crippen molar-refractivity contribution in [2.45, 2.75) is 25.7 Å². The predicted octanol–water partition coefficient (Wildman–Crippen LogP) is 2.84. The van der Waals surface area contributed by atoms with Gasteiger partial charge in [0.25, 0.3) is 0 Å². The van der Waals surface area contributed by atoms with Crippen LogP contribution in [0.4, 0.5) is 4.39 Å². The molecule has 0 radical (unpaired) electrons. The van der Waals surface area contributed by atoms with Crippen molar-refractivity contribution in [2.75, 3.05) is 6.54 Å². The van der Waals surface area contributed by atoms with Crippen LogP contribution >= 0.6 is 0 Å². The first kappa shape index (κ1) is 12.8. The first-order valence-corrected chi connectivity index (χ1v) is 6.43. The fraction of sp³-hybridized carbons (Fsp3) is 0.400. The number of amides is 1. The van der Waals surface area contributed by atoms with Crippen LogP contribution in [-0.4, -0.2) is 12.5 Å². The Morgan fingerprint density at radius 2 is 2.28 bits per heavy atom. The molecular formula is C15H18FNO. The van der Waals surface area contributed by atoms with Crippen molar-refractivity contribution in [3.05, 3.63) is 47.8 Å². The smallest absolute Gasteiger partial charge is 0.223 e. The maximum absolute atomic E-state index is 12.9. The fourth-order valence-corrected chi connectivity index (χ4v) is 2.20. The van der Waals surface area contributed by atoms with E-state index in [1.165, 1.54) is 12.1 Å². The maximum Gasteiger partial charge on any atom is 0.223 e. The molecule has 1 aliphatic carbocycles. The molecule has 1 aliphatic rings. The molecule has 0 aliphatic heterocycles. The molecule has 0 saturated heterocycles. The van der Waals surface area contributed by atoms with Crippen molar-refractivity contribution in [1.29, 1.82) is 0 Å². The van der Waals surface area contributed by atoms with E-state index in [2.05, 4.69) is 17.5 Å². The zero-order chi connectivity index (χ0) is 12.8. The Balaban J connectivity index is 1.75. The number of hydrogen-bond donors (Lipinski definition) is 1. The number of hydrogen-bond acceptors (Lipinski definition) is 1. The molecule has 0 bridgehead atoms. The molecule has 0 spiro atoms. The number of rotatable bonds is 4. The molecule has 0 aromatic heterocycles. The van der Waals surface area contributed by atoms with Crippen LogP contribution in [0, 0.1) is 11.7 Å². The molecule has 0 heterocycles. The van der Waals surface area contributed by atoms with Crippen LogP contribution in [0.5, 0.6) is 0 Å². The van der Waals surface area contributed by atoms with Crippen LogP contribution in [0.2, 0.25) is 0 Å². The number of benzene rings is 1. The van der Waals surface area contributed by atoms with Crippen LogP contribution in [0.25, 0.3) is 0 Å². The summed E-state index contributed by atoms with van der Waals surface area (Å²) < 4.78 is 12.9. The molecule has 1 amide bonds. The van der Waals surface area contributed by atoms with Crippen molar-refractivity contribution in [3.8, 4) is 0 Å². The van der Waals surface area contributed by atoms with Gasteiger partial charge in [0.2, 0.25) is 5.91 Å². The number of nitrogens with one attached hydrogen (secondary N) is 1. The standard InChI is InChI=1S/C15H18FNO/c16-14-8-4-5-12(11-14)9-10-17-15(18)13-6-2-1-3-7-13/h1-2,4-5,8,11,13H,3,6-7,9-10H2,(H,17,18). The van der Waals surface area contributed by atoms with E-state index in [-0.39, 0.29) is 17.6 Å². The van der Waals surface area contributed by atoms with E-state index in [9.17, 15) is 9.18 Å². The number of allylic oxidation sites excluding steroid dienone is 2. The monoisotopic (exact) mass is 247 g/mol. The maximum atomic E-state index is 12.9. The second-order valence-electron chi connectivity index (χ2n) is 4.65. The highest BCUT2D eigenvalue weighted by atomic mass is 19.1. The lowest BCUT2D eigenvalue weighted by molar-refractivity contribution is -0.125. The normalized spacial score (nSPS) is 18.6. The molecule has 3 heteroatoms. The van der Waals surface area contributed by atoms with E-state index in [1.54, 1.807) is 6.07 Å². The lowest BCUT2D eigenvalue weighted by atomic mass is 9.93. The Labute approximate surface area is 107 Å². The summed E-state index contributed by atoms with van der Waals surface area (Å²) in [6.45, 7) is 0.572. The molecule has 2 rings (SSSR count). The molecule has 0 saturated carbocycles. The summed E-state index contributed by atoms with van der Waals surface area (Å²) in [6.07, 6.45) is 7.62. The minimum absolute atomic E-state index is 0.113. The van der Waals surface area contributed by atoms with Crippen LogP contribution in [-0.2, 0) is 11.2 Å². The summed E-state index contributed by atoms with van der Waals surface area (Å²) in [5.41, 5.74) is 0.916. The molecular weight excluding hydrogens is 229 g/mol.